The van der Waals surface area contributed by atoms with E-state index in [1.807, 2.05) is 0 Å². The third kappa shape index (κ3) is 43.9. The Morgan fingerprint density at radius 1 is 0.273 bits per heavy atom. The molecular weight excluding hydrogens is 530 g/mol. The van der Waals surface area contributed by atoms with Crippen molar-refractivity contribution in [3.8, 4) is 0 Å². The zero-order valence-corrected chi connectivity index (χ0v) is 27.8. The summed E-state index contributed by atoms with van der Waals surface area (Å²) in [6.45, 7) is 4.79. The summed E-state index contributed by atoms with van der Waals surface area (Å²) in [5.41, 5.74) is 0. The number of unbranched alkanes of at least 4 members (excludes halogenated alkanes) is 24. The number of hydrogen-bond donors (Lipinski definition) is 0. The van der Waals surface area contributed by atoms with Crippen LogP contribution in [0.25, 0.3) is 0 Å². The average molecular weight is 592 g/mol. The number of hydrogen-bond acceptors (Lipinski definition) is 2. The van der Waals surface area contributed by atoms with Crippen LogP contribution in [-0.2, 0) is 0 Å². The largest absolute Gasteiger partial charge is 2.00 e. The van der Waals surface area contributed by atoms with Gasteiger partial charge in [0.1, 0.15) is 0 Å². The molecular formula is C30H62BaO2. The van der Waals surface area contributed by atoms with Gasteiger partial charge in [-0.2, -0.15) is 0 Å². The molecule has 0 radical (unpaired) electrons. The van der Waals surface area contributed by atoms with Gasteiger partial charge in [-0.25, -0.2) is 0 Å². The fourth-order valence-electron chi connectivity index (χ4n) is 4.24. The van der Waals surface area contributed by atoms with Gasteiger partial charge in [-0.1, -0.05) is 181 Å². The van der Waals surface area contributed by atoms with Gasteiger partial charge in [0.2, 0.25) is 0 Å². The molecule has 0 aliphatic rings. The van der Waals surface area contributed by atoms with Crippen molar-refractivity contribution in [2.75, 3.05) is 13.2 Å². The SMILES string of the molecule is CCCCCCCCCCCCCCC[O-].CCCCCCCCCCCCCCC[O-].[Ba+2]. The van der Waals surface area contributed by atoms with Crippen molar-refractivity contribution in [1.29, 1.82) is 0 Å². The second-order valence-electron chi connectivity index (χ2n) is 9.89. The fraction of sp³-hybridized carbons (Fsp3) is 1.00. The molecule has 0 aromatic heterocycles. The molecule has 0 unspecified atom stereocenters. The van der Waals surface area contributed by atoms with Gasteiger partial charge >= 0.3 is 48.9 Å². The molecule has 0 saturated carbocycles. The van der Waals surface area contributed by atoms with E-state index in [9.17, 15) is 10.2 Å². The summed E-state index contributed by atoms with van der Waals surface area (Å²) in [4.78, 5) is 0. The third-order valence-electron chi connectivity index (χ3n) is 6.50. The Kier molecular flexibility index (Phi) is 48.1. The van der Waals surface area contributed by atoms with Crippen LogP contribution in [0.5, 0.6) is 0 Å². The summed E-state index contributed by atoms with van der Waals surface area (Å²) in [6, 6.07) is 0. The quantitative estimate of drug-likeness (QED) is 0.0748. The molecule has 0 aliphatic carbocycles. The molecule has 0 bridgehead atoms. The topological polar surface area (TPSA) is 46.1 Å². The Hall–Kier alpha value is 1.49. The van der Waals surface area contributed by atoms with Crippen LogP contribution in [0.1, 0.15) is 181 Å². The van der Waals surface area contributed by atoms with Crippen molar-refractivity contribution >= 4 is 48.9 Å². The molecule has 0 spiro atoms. The molecule has 0 N–H and O–H groups in total. The zero-order valence-electron chi connectivity index (χ0n) is 23.3. The van der Waals surface area contributed by atoms with Crippen molar-refractivity contribution in [2.24, 2.45) is 0 Å². The van der Waals surface area contributed by atoms with Gasteiger partial charge in [0.25, 0.3) is 0 Å². The Morgan fingerprint density at radius 2 is 0.424 bits per heavy atom. The van der Waals surface area contributed by atoms with Gasteiger partial charge in [-0.15, -0.1) is 13.2 Å². The first kappa shape index (κ1) is 39.0. The second kappa shape index (κ2) is 40.7. The molecule has 0 aromatic rings. The van der Waals surface area contributed by atoms with Crippen molar-refractivity contribution in [3.63, 3.8) is 0 Å². The van der Waals surface area contributed by atoms with Crippen LogP contribution < -0.4 is 10.2 Å². The van der Waals surface area contributed by atoms with Crippen LogP contribution in [0.15, 0.2) is 0 Å². The van der Waals surface area contributed by atoms with Gasteiger partial charge in [0, 0.05) is 0 Å². The van der Waals surface area contributed by atoms with Gasteiger partial charge in [0.05, 0.1) is 0 Å². The summed E-state index contributed by atoms with van der Waals surface area (Å²) in [7, 11) is 0. The van der Waals surface area contributed by atoms with Gasteiger partial charge in [-0.3, -0.25) is 0 Å². The first-order valence-corrected chi connectivity index (χ1v) is 15.0. The molecule has 0 aliphatic heterocycles. The second-order valence-corrected chi connectivity index (χ2v) is 9.89. The van der Waals surface area contributed by atoms with E-state index in [0.717, 1.165) is 25.7 Å². The van der Waals surface area contributed by atoms with Crippen molar-refractivity contribution < 1.29 is 10.2 Å². The molecule has 2 nitrogen and oxygen atoms in total. The van der Waals surface area contributed by atoms with Crippen LogP contribution >= 0.6 is 0 Å². The molecule has 33 heavy (non-hydrogen) atoms. The van der Waals surface area contributed by atoms with Crippen LogP contribution in [-0.4, -0.2) is 62.1 Å². The summed E-state index contributed by atoms with van der Waals surface area (Å²) >= 11 is 0. The van der Waals surface area contributed by atoms with Gasteiger partial charge in [-0.05, 0) is 0 Å². The van der Waals surface area contributed by atoms with Crippen molar-refractivity contribution in [2.45, 2.75) is 181 Å². The summed E-state index contributed by atoms with van der Waals surface area (Å²) < 4.78 is 0. The third-order valence-corrected chi connectivity index (χ3v) is 6.50. The van der Waals surface area contributed by atoms with Crippen LogP contribution in [0.2, 0.25) is 0 Å². The maximum Gasteiger partial charge on any atom is 2.00 e. The fourth-order valence-corrected chi connectivity index (χ4v) is 4.24. The predicted molar refractivity (Wildman–Crippen MR) is 147 cm³/mol. The number of rotatable bonds is 26. The molecule has 0 heterocycles. The average Bonchev–Trinajstić information content (AvgIpc) is 2.81. The smallest absolute Gasteiger partial charge is 0.854 e. The molecule has 196 valence electrons. The van der Waals surface area contributed by atoms with E-state index in [2.05, 4.69) is 13.8 Å². The Bertz CT molecular complexity index is 230. The molecule has 0 saturated heterocycles. The van der Waals surface area contributed by atoms with E-state index in [1.54, 1.807) is 0 Å². The Morgan fingerprint density at radius 3 is 0.576 bits per heavy atom. The first-order chi connectivity index (χ1) is 15.8. The van der Waals surface area contributed by atoms with E-state index < -0.39 is 0 Å². The van der Waals surface area contributed by atoms with E-state index >= 15 is 0 Å². The van der Waals surface area contributed by atoms with E-state index in [4.69, 9.17) is 0 Å². The summed E-state index contributed by atoms with van der Waals surface area (Å²) in [6.07, 6.45) is 34.8. The molecule has 0 aromatic carbocycles. The van der Waals surface area contributed by atoms with Crippen LogP contribution in [0.4, 0.5) is 0 Å². The normalized spacial score (nSPS) is 10.5. The Labute approximate surface area is 250 Å². The first-order valence-electron chi connectivity index (χ1n) is 15.0. The van der Waals surface area contributed by atoms with Crippen LogP contribution in [0, 0.1) is 0 Å². The Balaban J connectivity index is -0.000000529. The maximum atomic E-state index is 10.2. The standard InChI is InChI=1S/2C15H31O.Ba/c2*1-2-3-4-5-6-7-8-9-10-11-12-13-14-15-16;/h2*2-15H2,1H3;/q2*-1;+2. The minimum Gasteiger partial charge on any atom is -0.854 e. The molecule has 0 rings (SSSR count). The summed E-state index contributed by atoms with van der Waals surface area (Å²) in [5.74, 6) is 0. The minimum absolute atomic E-state index is 0. The maximum absolute atomic E-state index is 10.2. The minimum atomic E-state index is 0. The van der Waals surface area contributed by atoms with Gasteiger partial charge in [0.15, 0.2) is 0 Å². The van der Waals surface area contributed by atoms with Gasteiger partial charge < -0.3 is 10.2 Å². The molecule has 0 atom stereocenters. The van der Waals surface area contributed by atoms with Crippen molar-refractivity contribution in [3.05, 3.63) is 0 Å². The predicted octanol–water partition coefficient (Wildman–Crippen LogP) is 8.50. The summed E-state index contributed by atoms with van der Waals surface area (Å²) in [5, 5.41) is 20.4. The molecule has 0 amide bonds. The van der Waals surface area contributed by atoms with Crippen LogP contribution in [0.3, 0.4) is 0 Å². The van der Waals surface area contributed by atoms with E-state index in [-0.39, 0.29) is 62.1 Å². The van der Waals surface area contributed by atoms with E-state index in [1.165, 1.54) is 141 Å². The molecule has 3 heteroatoms. The zero-order chi connectivity index (χ0) is 23.8. The van der Waals surface area contributed by atoms with Crippen molar-refractivity contribution in [1.82, 2.24) is 0 Å². The molecule has 0 fully saturated rings. The monoisotopic (exact) mass is 592 g/mol. The van der Waals surface area contributed by atoms with E-state index in [0.29, 0.717) is 0 Å².